The number of rotatable bonds is 2. The summed E-state index contributed by atoms with van der Waals surface area (Å²) in [4.78, 5) is 0. The van der Waals surface area contributed by atoms with E-state index in [2.05, 4.69) is 31.2 Å². The van der Waals surface area contributed by atoms with Gasteiger partial charge < -0.3 is 0 Å². The highest BCUT2D eigenvalue weighted by Crippen LogP contribution is 2.37. The standard InChI is InChI=1S/C11H14/c1-2-5-9-8-10-6-3-4-7-11(9)10/h3-4,6-7,9H,2,5,8H2,1H3. The largest absolute Gasteiger partial charge is 0.0654 e. The van der Waals surface area contributed by atoms with Crippen molar-refractivity contribution in [3.63, 3.8) is 0 Å². The van der Waals surface area contributed by atoms with E-state index in [4.69, 9.17) is 0 Å². The van der Waals surface area contributed by atoms with Gasteiger partial charge in [0.1, 0.15) is 0 Å². The summed E-state index contributed by atoms with van der Waals surface area (Å²) in [6.45, 7) is 2.26. The highest BCUT2D eigenvalue weighted by atomic mass is 14.3. The number of fused-ring (bicyclic) bond motifs is 1. The van der Waals surface area contributed by atoms with E-state index in [-0.39, 0.29) is 0 Å². The van der Waals surface area contributed by atoms with E-state index in [1.165, 1.54) is 19.3 Å². The summed E-state index contributed by atoms with van der Waals surface area (Å²) in [6.07, 6.45) is 4.01. The quantitative estimate of drug-likeness (QED) is 0.601. The first-order valence-corrected chi connectivity index (χ1v) is 4.49. The molecule has 2 rings (SSSR count). The van der Waals surface area contributed by atoms with Gasteiger partial charge in [-0.1, -0.05) is 37.6 Å². The first kappa shape index (κ1) is 6.90. The molecule has 0 N–H and O–H groups in total. The van der Waals surface area contributed by atoms with E-state index in [0.717, 1.165) is 5.92 Å². The van der Waals surface area contributed by atoms with E-state index in [0.29, 0.717) is 0 Å². The minimum absolute atomic E-state index is 0.885. The van der Waals surface area contributed by atoms with Gasteiger partial charge in [0.15, 0.2) is 0 Å². The Bertz CT molecular complexity index is 250. The second-order valence-corrected chi connectivity index (χ2v) is 3.39. The summed E-state index contributed by atoms with van der Waals surface area (Å²) >= 11 is 0. The van der Waals surface area contributed by atoms with Crippen LogP contribution < -0.4 is 0 Å². The SMILES string of the molecule is CCCC1Cc2ccccc21. The third-order valence-electron chi connectivity index (χ3n) is 2.60. The van der Waals surface area contributed by atoms with E-state index >= 15 is 0 Å². The van der Waals surface area contributed by atoms with E-state index in [1.54, 1.807) is 11.1 Å². The maximum atomic E-state index is 2.28. The van der Waals surface area contributed by atoms with Crippen LogP contribution in [0.3, 0.4) is 0 Å². The molecule has 0 spiro atoms. The minimum Gasteiger partial charge on any atom is -0.0654 e. The van der Waals surface area contributed by atoms with Crippen molar-refractivity contribution in [2.75, 3.05) is 0 Å². The van der Waals surface area contributed by atoms with Gasteiger partial charge in [0.05, 0.1) is 0 Å². The second kappa shape index (κ2) is 2.69. The molecule has 0 aliphatic heterocycles. The zero-order chi connectivity index (χ0) is 7.68. The molecule has 1 aromatic carbocycles. The minimum atomic E-state index is 0.885. The lowest BCUT2D eigenvalue weighted by atomic mass is 9.75. The van der Waals surface area contributed by atoms with Gasteiger partial charge in [-0.3, -0.25) is 0 Å². The topological polar surface area (TPSA) is 0 Å². The molecule has 0 saturated carbocycles. The normalized spacial score (nSPS) is 20.6. The lowest BCUT2D eigenvalue weighted by molar-refractivity contribution is 0.551. The third-order valence-corrected chi connectivity index (χ3v) is 2.60. The fourth-order valence-corrected chi connectivity index (χ4v) is 1.97. The van der Waals surface area contributed by atoms with Crippen molar-refractivity contribution < 1.29 is 0 Å². The molecule has 0 fully saturated rings. The molecule has 0 bridgehead atoms. The molecule has 0 aromatic heterocycles. The highest BCUT2D eigenvalue weighted by molar-refractivity contribution is 5.39. The molecular weight excluding hydrogens is 132 g/mol. The predicted octanol–water partition coefficient (Wildman–Crippen LogP) is 3.13. The Morgan fingerprint density at radius 2 is 2.18 bits per heavy atom. The van der Waals surface area contributed by atoms with Gasteiger partial charge in [-0.05, 0) is 29.9 Å². The summed E-state index contributed by atoms with van der Waals surface area (Å²) in [5.41, 5.74) is 3.18. The summed E-state index contributed by atoms with van der Waals surface area (Å²) in [5, 5.41) is 0. The Balaban J connectivity index is 2.16. The lowest BCUT2D eigenvalue weighted by Crippen LogP contribution is -2.16. The molecule has 11 heavy (non-hydrogen) atoms. The summed E-state index contributed by atoms with van der Waals surface area (Å²) in [7, 11) is 0. The van der Waals surface area contributed by atoms with Crippen LogP contribution in [0, 0.1) is 0 Å². The molecule has 0 radical (unpaired) electrons. The smallest absolute Gasteiger partial charge is 0.0119 e. The van der Waals surface area contributed by atoms with Gasteiger partial charge in [0.2, 0.25) is 0 Å². The Hall–Kier alpha value is -0.780. The Morgan fingerprint density at radius 1 is 1.36 bits per heavy atom. The molecule has 0 amide bonds. The molecule has 1 aliphatic carbocycles. The van der Waals surface area contributed by atoms with Crippen molar-refractivity contribution in [3.05, 3.63) is 35.4 Å². The van der Waals surface area contributed by atoms with Crippen LogP contribution in [0.15, 0.2) is 24.3 Å². The third kappa shape index (κ3) is 1.07. The molecule has 0 saturated heterocycles. The van der Waals surface area contributed by atoms with Crippen LogP contribution in [0.1, 0.15) is 36.8 Å². The highest BCUT2D eigenvalue weighted by Gasteiger charge is 2.23. The van der Waals surface area contributed by atoms with Crippen molar-refractivity contribution in [3.8, 4) is 0 Å². The van der Waals surface area contributed by atoms with Gasteiger partial charge >= 0.3 is 0 Å². The number of hydrogen-bond acceptors (Lipinski definition) is 0. The van der Waals surface area contributed by atoms with Crippen LogP contribution in [0.2, 0.25) is 0 Å². The van der Waals surface area contributed by atoms with Crippen LogP contribution in [0.25, 0.3) is 0 Å². The molecule has 0 heteroatoms. The van der Waals surface area contributed by atoms with Gasteiger partial charge in [-0.25, -0.2) is 0 Å². The summed E-state index contributed by atoms with van der Waals surface area (Å²) in [5.74, 6) is 0.885. The molecule has 1 aromatic rings. The Kier molecular flexibility index (Phi) is 1.69. The van der Waals surface area contributed by atoms with Crippen molar-refractivity contribution >= 4 is 0 Å². The number of hydrogen-bond donors (Lipinski definition) is 0. The molecule has 1 atom stereocenters. The van der Waals surface area contributed by atoms with Crippen LogP contribution in [-0.4, -0.2) is 0 Å². The first-order valence-electron chi connectivity index (χ1n) is 4.49. The zero-order valence-corrected chi connectivity index (χ0v) is 7.01. The van der Waals surface area contributed by atoms with Crippen molar-refractivity contribution in [2.45, 2.75) is 32.1 Å². The van der Waals surface area contributed by atoms with Crippen molar-refractivity contribution in [2.24, 2.45) is 0 Å². The van der Waals surface area contributed by atoms with Gasteiger partial charge in [-0.2, -0.15) is 0 Å². The average molecular weight is 146 g/mol. The zero-order valence-electron chi connectivity index (χ0n) is 7.01. The molecule has 1 unspecified atom stereocenters. The Morgan fingerprint density at radius 3 is 2.91 bits per heavy atom. The monoisotopic (exact) mass is 146 g/mol. The molecule has 0 heterocycles. The van der Waals surface area contributed by atoms with E-state index < -0.39 is 0 Å². The van der Waals surface area contributed by atoms with E-state index in [1.807, 2.05) is 0 Å². The maximum absolute atomic E-state index is 2.28. The molecule has 1 aliphatic rings. The van der Waals surface area contributed by atoms with Crippen LogP contribution in [0.4, 0.5) is 0 Å². The van der Waals surface area contributed by atoms with Crippen LogP contribution in [0.5, 0.6) is 0 Å². The second-order valence-electron chi connectivity index (χ2n) is 3.39. The van der Waals surface area contributed by atoms with Crippen molar-refractivity contribution in [1.29, 1.82) is 0 Å². The number of benzene rings is 1. The average Bonchev–Trinajstić information content (AvgIpc) is 2.01. The van der Waals surface area contributed by atoms with Gasteiger partial charge in [0, 0.05) is 0 Å². The first-order chi connectivity index (χ1) is 5.42. The molecule has 0 nitrogen and oxygen atoms in total. The van der Waals surface area contributed by atoms with Gasteiger partial charge in [-0.15, -0.1) is 0 Å². The molecular formula is C11H14. The maximum Gasteiger partial charge on any atom is -0.0119 e. The summed E-state index contributed by atoms with van der Waals surface area (Å²) < 4.78 is 0. The fourth-order valence-electron chi connectivity index (χ4n) is 1.97. The fraction of sp³-hybridized carbons (Fsp3) is 0.455. The van der Waals surface area contributed by atoms with Crippen molar-refractivity contribution in [1.82, 2.24) is 0 Å². The summed E-state index contributed by atoms with van der Waals surface area (Å²) in [6, 6.07) is 8.82. The van der Waals surface area contributed by atoms with Crippen LogP contribution >= 0.6 is 0 Å². The Labute approximate surface area is 68.3 Å². The predicted molar refractivity (Wildman–Crippen MR) is 47.8 cm³/mol. The van der Waals surface area contributed by atoms with Crippen LogP contribution in [-0.2, 0) is 6.42 Å². The lowest BCUT2D eigenvalue weighted by Gasteiger charge is -2.29. The van der Waals surface area contributed by atoms with E-state index in [9.17, 15) is 0 Å². The van der Waals surface area contributed by atoms with Gasteiger partial charge in [0.25, 0.3) is 0 Å². The molecule has 58 valence electrons.